The number of benzene rings is 1. The van der Waals surface area contributed by atoms with E-state index in [-0.39, 0.29) is 69.1 Å². The number of aliphatic hydroxyl groups is 1. The number of nitrogens with one attached hydrogen (secondary N) is 12. The number of nitrogens with zero attached hydrogens (tertiary/aromatic N) is 1. The topological polar surface area (TPSA) is 442 Å². The highest BCUT2D eigenvalue weighted by Crippen LogP contribution is 2.23. The smallest absolute Gasteiger partial charge is 0.329 e. The molecule has 2 saturated heterocycles. The summed E-state index contributed by atoms with van der Waals surface area (Å²) in [6.45, 7) is 31.3. The van der Waals surface area contributed by atoms with Crippen LogP contribution >= 0.6 is 0 Å². The van der Waals surface area contributed by atoms with Crippen molar-refractivity contribution in [3.8, 4) is 0 Å². The van der Waals surface area contributed by atoms with Crippen LogP contribution in [0.4, 0.5) is 0 Å². The van der Waals surface area contributed by atoms with Crippen LogP contribution in [0.2, 0.25) is 0 Å². The molecule has 0 spiro atoms. The van der Waals surface area contributed by atoms with Crippen LogP contribution in [0.1, 0.15) is 182 Å². The molecule has 0 unspecified atom stereocenters. The van der Waals surface area contributed by atoms with Gasteiger partial charge in [-0.25, -0.2) is 4.79 Å². The van der Waals surface area contributed by atoms with E-state index in [4.69, 9.17) is 10.5 Å². The molecule has 30 heteroatoms. The number of amides is 13. The van der Waals surface area contributed by atoms with Gasteiger partial charge < -0.3 is 84.3 Å². The van der Waals surface area contributed by atoms with E-state index in [0.29, 0.717) is 18.4 Å². The third-order valence-electron chi connectivity index (χ3n) is 18.7. The van der Waals surface area contributed by atoms with E-state index >= 15 is 9.59 Å². The number of rotatable bonds is 31. The molecule has 0 saturated carbocycles. The summed E-state index contributed by atoms with van der Waals surface area (Å²) >= 11 is 0. The largest absolute Gasteiger partial charge is 0.458 e. The molecule has 1 aromatic carbocycles. The number of hydrogen-bond donors (Lipinski definition) is 14. The number of esters is 1. The van der Waals surface area contributed by atoms with Crippen molar-refractivity contribution in [1.29, 1.82) is 0 Å². The number of nitrogens with two attached hydrogens (primary N) is 1. The van der Waals surface area contributed by atoms with Crippen molar-refractivity contribution >= 4 is 82.8 Å². The van der Waals surface area contributed by atoms with E-state index in [2.05, 4.69) is 63.8 Å². The van der Waals surface area contributed by atoms with E-state index < -0.39 is 203 Å². The average molecular weight is 1450 g/mol. The van der Waals surface area contributed by atoms with Crippen molar-refractivity contribution in [3.63, 3.8) is 0 Å². The number of ether oxygens (including phenoxy) is 1. The number of carbonyl (C=O) groups excluding carboxylic acids is 14. The fraction of sp³-hybridized carbons (Fsp3) is 0.699. The van der Waals surface area contributed by atoms with Gasteiger partial charge in [-0.3, -0.25) is 62.3 Å². The van der Waals surface area contributed by atoms with Crippen molar-refractivity contribution in [3.05, 3.63) is 47.7 Å². The zero-order valence-corrected chi connectivity index (χ0v) is 63.8. The summed E-state index contributed by atoms with van der Waals surface area (Å²) < 4.78 is 5.96. The Morgan fingerprint density at radius 2 is 1.16 bits per heavy atom. The molecule has 15 N–H and O–H groups in total. The molecule has 13 amide bonds. The summed E-state index contributed by atoms with van der Waals surface area (Å²) in [6.07, 6.45) is -0.438. The molecule has 2 heterocycles. The third kappa shape index (κ3) is 26.6. The molecule has 0 bridgehead atoms. The Labute approximate surface area is 607 Å². The number of likely N-dealkylation sites (tertiary alicyclic amines) is 1. The number of allylic oxidation sites excluding steroid dienone is 1. The molecule has 2 aliphatic heterocycles. The second kappa shape index (κ2) is 42.3. The van der Waals surface area contributed by atoms with Gasteiger partial charge in [-0.15, -0.1) is 0 Å². The first-order valence-electron chi connectivity index (χ1n) is 36.5. The minimum Gasteiger partial charge on any atom is -0.458 e. The van der Waals surface area contributed by atoms with Crippen LogP contribution in [0, 0.1) is 47.3 Å². The number of aliphatic hydroxyl groups excluding tert-OH is 1. The maximum absolute atomic E-state index is 15.0. The molecule has 1 aromatic rings. The van der Waals surface area contributed by atoms with Crippen LogP contribution in [0.25, 0.3) is 0 Å². The van der Waals surface area contributed by atoms with Crippen molar-refractivity contribution in [2.24, 2.45) is 53.1 Å². The molecular weight excluding hydrogens is 1330 g/mol. The van der Waals surface area contributed by atoms with E-state index in [1.807, 2.05) is 13.8 Å². The Balaban J connectivity index is 2.01. The van der Waals surface area contributed by atoms with E-state index in [9.17, 15) is 62.6 Å². The van der Waals surface area contributed by atoms with Gasteiger partial charge in [0.15, 0.2) is 0 Å². The predicted molar refractivity (Wildman–Crippen MR) is 386 cm³/mol. The number of hydrogen-bond acceptors (Lipinski definition) is 17. The molecule has 103 heavy (non-hydrogen) atoms. The lowest BCUT2D eigenvalue weighted by Crippen LogP contribution is -2.64. The summed E-state index contributed by atoms with van der Waals surface area (Å²) in [6, 6.07) is -7.67. The molecule has 30 nitrogen and oxygen atoms in total. The van der Waals surface area contributed by atoms with Gasteiger partial charge in [-0.1, -0.05) is 160 Å². The normalized spacial score (nSPS) is 22.8. The monoisotopic (exact) mass is 1450 g/mol. The highest BCUT2D eigenvalue weighted by atomic mass is 16.5. The van der Waals surface area contributed by atoms with Crippen LogP contribution in [0.15, 0.2) is 42.1 Å². The molecule has 16 atom stereocenters. The Bertz CT molecular complexity index is 3120. The second-order valence-electron chi connectivity index (χ2n) is 29.5. The minimum absolute atomic E-state index is 0.000937. The van der Waals surface area contributed by atoms with Crippen LogP contribution in [-0.4, -0.2) is 191 Å². The zero-order chi connectivity index (χ0) is 78.0. The molecule has 0 radical (unpaired) electrons. The summed E-state index contributed by atoms with van der Waals surface area (Å²) in [7, 11) is 0. The van der Waals surface area contributed by atoms with Crippen LogP contribution in [0.5, 0.6) is 0 Å². The van der Waals surface area contributed by atoms with Gasteiger partial charge in [0.05, 0.1) is 6.10 Å². The van der Waals surface area contributed by atoms with Crippen LogP contribution in [-0.2, 0) is 78.3 Å². The predicted octanol–water partition coefficient (Wildman–Crippen LogP) is 1.06. The molecule has 0 aliphatic carbocycles. The van der Waals surface area contributed by atoms with Gasteiger partial charge >= 0.3 is 5.97 Å². The van der Waals surface area contributed by atoms with Gasteiger partial charge in [-0.2, -0.15) is 0 Å². The zero-order valence-electron chi connectivity index (χ0n) is 63.8. The van der Waals surface area contributed by atoms with Gasteiger partial charge in [0.2, 0.25) is 70.9 Å². The van der Waals surface area contributed by atoms with Gasteiger partial charge in [-0.05, 0) is 106 Å². The maximum Gasteiger partial charge on any atom is 0.329 e. The first-order valence-corrected chi connectivity index (χ1v) is 36.5. The standard InChI is InChI=1S/C73H120N14O16/c1-20-42(16)57(69(98)86-60-45(19)103-73(102)56(41(14)15)82-61(90)47(22-3)75-63(92)49(35-46-28-24-23-25-29-46)77-65(94)53(38(8)9)79-68(97)58(43(17)21-2)84-71(60)100)83-62(91)48(30-26-32-74)76-64(93)50-31-27-33-87(50)72(101)55(40(12)13)81-67(96)54(39(10)11)80-70(99)59(44(18)88)85-66(95)52(37(6)7)78-51(89)34-36(4)5/h22-25,28-29,36-45,48-50,52-60,88H,20-21,26-27,30-35,74H2,1-19H3,(H,75,92)(H,76,93)(H,77,94)(H,78,89)(H,79,97)(H,80,99)(H,81,96)(H,82,90)(H,83,91)(H,84,100)(H,85,95)(H,86,98)/b47-22-/t42-,43-,44-,45+,48+,49+,50-,52-,53-,54+,55-,56+,57-,58-,59+,60-/m1/s1. The SMILES string of the molecule is C/C=C1\NC(=O)[C@H](Cc2ccccc2)NC(=O)[C@@H](C(C)C)NC(=O)[C@@H]([C@H](C)CC)NC(=O)[C@H](NC(=O)[C@H](NC(=O)[C@H](CCCN)NC(=O)[C@H]2CCCN2C(=O)[C@H](NC(=O)[C@@H](NC(=O)[C@@H](NC(=O)[C@H](NC(=O)CC(C)C)C(C)C)[C@@H](C)O)C(C)C)C(C)C)[C@H](C)CC)[C@H](C)OC(=O)[C@H](C(C)C)NC1=O. The first-order chi connectivity index (χ1) is 48.2. The fourth-order valence-electron chi connectivity index (χ4n) is 11.8. The average Bonchev–Trinajstić information content (AvgIpc) is 1.81. The van der Waals surface area contributed by atoms with Crippen molar-refractivity contribution in [2.75, 3.05) is 13.1 Å². The molecular formula is C73H120N14O16. The lowest BCUT2D eigenvalue weighted by atomic mass is 9.95. The Morgan fingerprint density at radius 1 is 0.621 bits per heavy atom. The number of carbonyl (C=O) groups is 14. The third-order valence-corrected chi connectivity index (χ3v) is 18.7. The van der Waals surface area contributed by atoms with E-state index in [1.54, 1.807) is 127 Å². The highest BCUT2D eigenvalue weighted by Gasteiger charge is 2.44. The summed E-state index contributed by atoms with van der Waals surface area (Å²) in [5.41, 5.74) is 6.33. The quantitative estimate of drug-likeness (QED) is 0.0365. The van der Waals surface area contributed by atoms with E-state index in [0.717, 1.165) is 0 Å². The molecule has 2 fully saturated rings. The highest BCUT2D eigenvalue weighted by molar-refractivity contribution is 6.03. The first kappa shape index (κ1) is 88.7. The summed E-state index contributed by atoms with van der Waals surface area (Å²) in [5.74, 6) is -15.5. The van der Waals surface area contributed by atoms with Gasteiger partial charge in [0.1, 0.15) is 84.3 Å². The maximum atomic E-state index is 15.0. The molecule has 2 aliphatic rings. The Kier molecular flexibility index (Phi) is 36.4. The van der Waals surface area contributed by atoms with Crippen molar-refractivity contribution in [2.45, 2.75) is 268 Å². The van der Waals surface area contributed by atoms with Crippen molar-refractivity contribution < 1.29 is 77.0 Å². The van der Waals surface area contributed by atoms with E-state index in [1.165, 1.54) is 31.7 Å². The Hall–Kier alpha value is -8.54. The summed E-state index contributed by atoms with van der Waals surface area (Å²) in [5, 5.41) is 43.0. The lowest BCUT2D eigenvalue weighted by molar-refractivity contribution is -0.157. The minimum atomic E-state index is -1.83. The number of cyclic esters (lactones) is 1. The molecule has 3 rings (SSSR count). The lowest BCUT2D eigenvalue weighted by Gasteiger charge is -2.33. The Morgan fingerprint density at radius 3 is 1.68 bits per heavy atom. The van der Waals surface area contributed by atoms with Crippen LogP contribution < -0.4 is 69.5 Å². The summed E-state index contributed by atoms with van der Waals surface area (Å²) in [4.78, 5) is 202. The molecule has 578 valence electrons. The van der Waals surface area contributed by atoms with Gasteiger partial charge in [0, 0.05) is 19.4 Å². The van der Waals surface area contributed by atoms with Gasteiger partial charge in [0.25, 0.3) is 5.91 Å². The fourth-order valence-corrected chi connectivity index (χ4v) is 11.8. The molecule has 0 aromatic heterocycles. The van der Waals surface area contributed by atoms with Crippen molar-refractivity contribution in [1.82, 2.24) is 68.7 Å². The van der Waals surface area contributed by atoms with Crippen LogP contribution in [0.3, 0.4) is 0 Å². The second-order valence-corrected chi connectivity index (χ2v) is 29.5.